The Bertz CT molecular complexity index is 646. The normalized spacial score (nSPS) is 10.4. The average Bonchev–Trinajstić information content (AvgIpc) is 2.40. The lowest BCUT2D eigenvalue weighted by molar-refractivity contribution is 0.0785. The quantitative estimate of drug-likeness (QED) is 0.779. The predicted molar refractivity (Wildman–Crippen MR) is 83.9 cm³/mol. The van der Waals surface area contributed by atoms with Gasteiger partial charge in [0.25, 0.3) is 5.91 Å². The van der Waals surface area contributed by atoms with Gasteiger partial charge in [0, 0.05) is 24.3 Å². The van der Waals surface area contributed by atoms with Gasteiger partial charge in [0.15, 0.2) is 0 Å². The van der Waals surface area contributed by atoms with Crippen LogP contribution in [0.15, 0.2) is 41.0 Å². The Hall–Kier alpha value is -1.39. The molecule has 0 radical (unpaired) electrons. The van der Waals surface area contributed by atoms with Crippen molar-refractivity contribution in [1.82, 2.24) is 9.88 Å². The molecule has 0 saturated heterocycles. The molecule has 0 N–H and O–H groups in total. The molecule has 1 heterocycles. The Morgan fingerprint density at radius 2 is 2.15 bits per heavy atom. The number of aromatic nitrogens is 1. The standard InChI is InChI=1S/C15H14BrClN2O/c1-10-4-3-5-11(6-10)9-19(2)15(20)13-7-12(16)8-18-14(13)17/h3-8H,9H2,1-2H3. The van der Waals surface area contributed by atoms with Gasteiger partial charge in [-0.15, -0.1) is 0 Å². The lowest BCUT2D eigenvalue weighted by atomic mass is 10.1. The molecule has 0 aliphatic heterocycles. The molecule has 0 unspecified atom stereocenters. The minimum atomic E-state index is -0.148. The third kappa shape index (κ3) is 3.58. The summed E-state index contributed by atoms with van der Waals surface area (Å²) in [5, 5.41) is 0.217. The molecule has 0 saturated carbocycles. The summed E-state index contributed by atoms with van der Waals surface area (Å²) in [5.41, 5.74) is 2.65. The van der Waals surface area contributed by atoms with Gasteiger partial charge in [-0.3, -0.25) is 4.79 Å². The molecule has 0 aliphatic carbocycles. The van der Waals surface area contributed by atoms with Gasteiger partial charge in [-0.05, 0) is 34.5 Å². The van der Waals surface area contributed by atoms with Gasteiger partial charge in [-0.1, -0.05) is 41.4 Å². The number of aryl methyl sites for hydroxylation is 1. The van der Waals surface area contributed by atoms with E-state index in [0.717, 1.165) is 10.0 Å². The average molecular weight is 354 g/mol. The largest absolute Gasteiger partial charge is 0.337 e. The molecule has 1 amide bonds. The molecule has 5 heteroatoms. The maximum atomic E-state index is 12.4. The first kappa shape index (κ1) is 15.0. The van der Waals surface area contributed by atoms with Gasteiger partial charge in [0.2, 0.25) is 0 Å². The fraction of sp³-hybridized carbons (Fsp3) is 0.200. The highest BCUT2D eigenvalue weighted by Crippen LogP contribution is 2.20. The number of amides is 1. The highest BCUT2D eigenvalue weighted by Gasteiger charge is 2.16. The lowest BCUT2D eigenvalue weighted by Crippen LogP contribution is -2.26. The topological polar surface area (TPSA) is 33.2 Å². The summed E-state index contributed by atoms with van der Waals surface area (Å²) in [6.45, 7) is 2.56. The fourth-order valence-electron chi connectivity index (χ4n) is 1.93. The summed E-state index contributed by atoms with van der Waals surface area (Å²) in [7, 11) is 1.75. The molecule has 0 bridgehead atoms. The van der Waals surface area contributed by atoms with Crippen LogP contribution in [-0.2, 0) is 6.54 Å². The molecule has 1 aromatic heterocycles. The second-order valence-electron chi connectivity index (χ2n) is 4.64. The number of benzene rings is 1. The summed E-state index contributed by atoms with van der Waals surface area (Å²) in [5.74, 6) is -0.148. The fourth-order valence-corrected chi connectivity index (χ4v) is 2.45. The van der Waals surface area contributed by atoms with Crippen molar-refractivity contribution in [3.05, 3.63) is 62.8 Å². The smallest absolute Gasteiger partial charge is 0.257 e. The number of rotatable bonds is 3. The minimum Gasteiger partial charge on any atom is -0.337 e. The number of hydrogen-bond acceptors (Lipinski definition) is 2. The molecule has 0 aliphatic rings. The maximum Gasteiger partial charge on any atom is 0.257 e. The first-order valence-corrected chi connectivity index (χ1v) is 7.26. The van der Waals surface area contributed by atoms with Crippen LogP contribution in [0.25, 0.3) is 0 Å². The molecule has 0 spiro atoms. The molecule has 1 aromatic carbocycles. The number of nitrogens with zero attached hydrogens (tertiary/aromatic N) is 2. The molecule has 3 nitrogen and oxygen atoms in total. The van der Waals surface area contributed by atoms with Crippen LogP contribution >= 0.6 is 27.5 Å². The Balaban J connectivity index is 2.18. The molecule has 0 fully saturated rings. The number of hydrogen-bond donors (Lipinski definition) is 0. The second kappa shape index (κ2) is 6.37. The van der Waals surface area contributed by atoms with E-state index in [1.54, 1.807) is 24.2 Å². The van der Waals surface area contributed by atoms with Crippen molar-refractivity contribution >= 4 is 33.4 Å². The van der Waals surface area contributed by atoms with Crippen LogP contribution in [0.3, 0.4) is 0 Å². The predicted octanol–water partition coefficient (Wildman–Crippen LogP) is 4.08. The SMILES string of the molecule is Cc1cccc(CN(C)C(=O)c2cc(Br)cnc2Cl)c1. The van der Waals surface area contributed by atoms with E-state index >= 15 is 0 Å². The molecule has 0 atom stereocenters. The van der Waals surface area contributed by atoms with Crippen LogP contribution in [0, 0.1) is 6.92 Å². The molecule has 20 heavy (non-hydrogen) atoms. The number of carbonyl (C=O) groups is 1. The lowest BCUT2D eigenvalue weighted by Gasteiger charge is -2.18. The van der Waals surface area contributed by atoms with Crippen LogP contribution in [0.5, 0.6) is 0 Å². The van der Waals surface area contributed by atoms with Crippen molar-refractivity contribution < 1.29 is 4.79 Å². The van der Waals surface area contributed by atoms with Gasteiger partial charge in [0.1, 0.15) is 5.15 Å². The zero-order valence-electron chi connectivity index (χ0n) is 11.2. The van der Waals surface area contributed by atoms with E-state index in [-0.39, 0.29) is 11.1 Å². The van der Waals surface area contributed by atoms with Crippen molar-refractivity contribution in [2.45, 2.75) is 13.5 Å². The maximum absolute atomic E-state index is 12.4. The van der Waals surface area contributed by atoms with Crippen LogP contribution in [0.4, 0.5) is 0 Å². The first-order chi connectivity index (χ1) is 9.47. The van der Waals surface area contributed by atoms with Gasteiger partial charge in [-0.2, -0.15) is 0 Å². The Morgan fingerprint density at radius 3 is 2.85 bits per heavy atom. The monoisotopic (exact) mass is 352 g/mol. The van der Waals surface area contributed by atoms with Crippen LogP contribution in [-0.4, -0.2) is 22.8 Å². The zero-order chi connectivity index (χ0) is 14.7. The molecular weight excluding hydrogens is 340 g/mol. The van der Waals surface area contributed by atoms with E-state index in [1.165, 1.54) is 5.56 Å². The molecule has 104 valence electrons. The van der Waals surface area contributed by atoms with Crippen molar-refractivity contribution in [2.75, 3.05) is 7.05 Å². The highest BCUT2D eigenvalue weighted by atomic mass is 79.9. The van der Waals surface area contributed by atoms with Crippen LogP contribution < -0.4 is 0 Å². The van der Waals surface area contributed by atoms with Crippen LogP contribution in [0.1, 0.15) is 21.5 Å². The van der Waals surface area contributed by atoms with E-state index < -0.39 is 0 Å². The van der Waals surface area contributed by atoms with E-state index in [1.807, 2.05) is 25.1 Å². The summed E-state index contributed by atoms with van der Waals surface area (Å²) in [4.78, 5) is 18.0. The van der Waals surface area contributed by atoms with Crippen molar-refractivity contribution in [1.29, 1.82) is 0 Å². The first-order valence-electron chi connectivity index (χ1n) is 6.09. The van der Waals surface area contributed by atoms with Gasteiger partial charge >= 0.3 is 0 Å². The van der Waals surface area contributed by atoms with Gasteiger partial charge < -0.3 is 4.90 Å². The number of pyridine rings is 1. The van der Waals surface area contributed by atoms with Crippen molar-refractivity contribution in [3.8, 4) is 0 Å². The Kier molecular flexibility index (Phi) is 4.78. The van der Waals surface area contributed by atoms with Gasteiger partial charge in [-0.25, -0.2) is 4.98 Å². The number of halogens is 2. The van der Waals surface area contributed by atoms with Gasteiger partial charge in [0.05, 0.1) is 5.56 Å². The van der Waals surface area contributed by atoms with E-state index in [9.17, 15) is 4.79 Å². The molecule has 2 aromatic rings. The molecular formula is C15H14BrClN2O. The Labute approximate surface area is 131 Å². The minimum absolute atomic E-state index is 0.148. The van der Waals surface area contributed by atoms with Crippen molar-refractivity contribution in [2.24, 2.45) is 0 Å². The highest BCUT2D eigenvalue weighted by molar-refractivity contribution is 9.10. The second-order valence-corrected chi connectivity index (χ2v) is 5.92. The third-order valence-corrected chi connectivity index (χ3v) is 3.62. The summed E-state index contributed by atoms with van der Waals surface area (Å²) in [6, 6.07) is 9.75. The van der Waals surface area contributed by atoms with E-state index in [0.29, 0.717) is 12.1 Å². The van der Waals surface area contributed by atoms with E-state index in [2.05, 4.69) is 27.0 Å². The summed E-state index contributed by atoms with van der Waals surface area (Å²) < 4.78 is 0.731. The Morgan fingerprint density at radius 1 is 1.40 bits per heavy atom. The van der Waals surface area contributed by atoms with E-state index in [4.69, 9.17) is 11.6 Å². The third-order valence-electron chi connectivity index (χ3n) is 2.89. The molecule has 2 rings (SSSR count). The van der Waals surface area contributed by atoms with Crippen molar-refractivity contribution in [3.63, 3.8) is 0 Å². The zero-order valence-corrected chi connectivity index (χ0v) is 13.6. The number of carbonyl (C=O) groups excluding carboxylic acids is 1. The van der Waals surface area contributed by atoms with Crippen LogP contribution in [0.2, 0.25) is 5.15 Å². The summed E-state index contributed by atoms with van der Waals surface area (Å²) in [6.07, 6.45) is 1.57. The summed E-state index contributed by atoms with van der Waals surface area (Å²) >= 11 is 9.28.